The molecule has 0 bridgehead atoms. The van der Waals surface area contributed by atoms with Gasteiger partial charge in [-0.05, 0) is 56.9 Å². The predicted molar refractivity (Wildman–Crippen MR) is 142 cm³/mol. The van der Waals surface area contributed by atoms with Crippen LogP contribution >= 0.6 is 0 Å². The Morgan fingerprint density at radius 1 is 1.17 bits per heavy atom. The predicted octanol–water partition coefficient (Wildman–Crippen LogP) is 4.46. The van der Waals surface area contributed by atoms with Crippen LogP contribution in [0.4, 0.5) is 0 Å². The van der Waals surface area contributed by atoms with Crippen molar-refractivity contribution in [3.05, 3.63) is 24.0 Å². The molecule has 0 spiro atoms. The maximum Gasteiger partial charge on any atom is 0.226 e. The minimum Gasteiger partial charge on any atom is -0.391 e. The number of nitrogens with one attached hydrogen (secondary N) is 1. The Morgan fingerprint density at radius 3 is 2.43 bits per heavy atom. The quantitative estimate of drug-likeness (QED) is 0.542. The van der Waals surface area contributed by atoms with E-state index in [0.29, 0.717) is 24.9 Å². The van der Waals surface area contributed by atoms with Gasteiger partial charge in [-0.25, -0.2) is 0 Å². The van der Waals surface area contributed by atoms with E-state index in [0.717, 1.165) is 29.8 Å². The van der Waals surface area contributed by atoms with E-state index in [1.165, 1.54) is 32.2 Å². The number of β-amino-alcohol motifs (C(OH)–C–C–N with tert-alkyl or cyclic N) is 1. The van der Waals surface area contributed by atoms with Crippen molar-refractivity contribution >= 4 is 5.91 Å². The molecular weight excluding hydrogens is 438 g/mol. The average Bonchev–Trinajstić information content (AvgIpc) is 3.32. The Morgan fingerprint density at radius 2 is 1.86 bits per heavy atom. The molecule has 4 aliphatic rings. The number of amides is 1. The highest BCUT2D eigenvalue weighted by Gasteiger charge is 2.44. The number of carbonyl (C=O) groups is 1. The van der Waals surface area contributed by atoms with Crippen molar-refractivity contribution in [1.82, 2.24) is 15.1 Å². The van der Waals surface area contributed by atoms with Crippen molar-refractivity contribution in [2.75, 3.05) is 33.7 Å². The van der Waals surface area contributed by atoms with Gasteiger partial charge in [0, 0.05) is 56.7 Å². The smallest absolute Gasteiger partial charge is 0.226 e. The Kier molecular flexibility index (Phi) is 9.19. The average molecular weight is 488 g/mol. The summed E-state index contributed by atoms with van der Waals surface area (Å²) in [5.41, 5.74) is 1.99. The SMILES string of the molecule is C/C=C(\N=NC)C1CC1.C=C(NC1CCC2CN(C)CC21)C1CC(O)CN1C(=O)C(C)C(C)(C)C. The molecule has 2 saturated heterocycles. The molecule has 7 nitrogen and oxygen atoms in total. The molecule has 0 radical (unpaired) electrons. The summed E-state index contributed by atoms with van der Waals surface area (Å²) in [5.74, 6) is 2.26. The summed E-state index contributed by atoms with van der Waals surface area (Å²) in [7, 11) is 3.91. The Hall–Kier alpha value is -1.73. The monoisotopic (exact) mass is 487 g/mol. The van der Waals surface area contributed by atoms with Crippen LogP contribution in [0.1, 0.15) is 66.7 Å². The molecule has 198 valence electrons. The summed E-state index contributed by atoms with van der Waals surface area (Å²) >= 11 is 0. The molecule has 35 heavy (non-hydrogen) atoms. The Balaban J connectivity index is 0.000000320. The van der Waals surface area contributed by atoms with E-state index in [4.69, 9.17) is 0 Å². The number of carbonyl (C=O) groups excluding carboxylic acids is 1. The molecule has 0 aromatic carbocycles. The lowest BCUT2D eigenvalue weighted by atomic mass is 9.81. The first kappa shape index (κ1) is 27.9. The molecule has 2 saturated carbocycles. The van der Waals surface area contributed by atoms with Gasteiger partial charge in [-0.2, -0.15) is 10.2 Å². The molecule has 2 aliphatic heterocycles. The first-order valence-electron chi connectivity index (χ1n) is 13.5. The van der Waals surface area contributed by atoms with Gasteiger partial charge in [0.05, 0.1) is 17.8 Å². The molecule has 2 N–H and O–H groups in total. The van der Waals surface area contributed by atoms with Gasteiger partial charge in [-0.1, -0.05) is 40.3 Å². The molecule has 6 atom stereocenters. The molecule has 2 heterocycles. The summed E-state index contributed by atoms with van der Waals surface area (Å²) in [4.78, 5) is 17.3. The molecule has 6 unspecified atom stereocenters. The van der Waals surface area contributed by atoms with Crippen LogP contribution in [0.3, 0.4) is 0 Å². The third-order valence-electron chi connectivity index (χ3n) is 8.55. The standard InChI is InChI=1S/C21H37N3O2.C7H12N2/c1-13(21(3,4)5)20(26)24-11-16(25)9-19(24)14(2)22-18-8-7-15-10-23(6)12-17(15)18;1-3-7(9-8-2)6-4-5-6/h13,15-19,22,25H,2,7-12H2,1,3-6H3;3,6H,4-5H2,1-2H3/b;7-3-,9-8?. The lowest BCUT2D eigenvalue weighted by molar-refractivity contribution is -0.138. The van der Waals surface area contributed by atoms with Crippen LogP contribution in [-0.2, 0) is 4.79 Å². The topological polar surface area (TPSA) is 80.5 Å². The zero-order valence-electron chi connectivity index (χ0n) is 23.1. The van der Waals surface area contributed by atoms with Crippen molar-refractivity contribution in [1.29, 1.82) is 0 Å². The van der Waals surface area contributed by atoms with Gasteiger partial charge in [0.15, 0.2) is 0 Å². The second kappa shape index (κ2) is 11.5. The van der Waals surface area contributed by atoms with Crippen molar-refractivity contribution < 1.29 is 9.90 Å². The molecule has 0 aromatic rings. The van der Waals surface area contributed by atoms with E-state index >= 15 is 0 Å². The number of aliphatic hydroxyl groups is 1. The normalized spacial score (nSPS) is 32.4. The molecular formula is C28H49N5O2. The molecule has 2 aliphatic carbocycles. The molecule has 4 fully saturated rings. The largest absolute Gasteiger partial charge is 0.391 e. The van der Waals surface area contributed by atoms with Crippen LogP contribution in [0.2, 0.25) is 0 Å². The Bertz CT molecular complexity index is 813. The summed E-state index contributed by atoms with van der Waals surface area (Å²) in [6, 6.07) is 0.354. The fourth-order valence-corrected chi connectivity index (χ4v) is 5.88. The fourth-order valence-electron chi connectivity index (χ4n) is 5.88. The summed E-state index contributed by atoms with van der Waals surface area (Å²) in [5, 5.41) is 21.6. The van der Waals surface area contributed by atoms with Gasteiger partial charge in [0.1, 0.15) is 0 Å². The number of likely N-dealkylation sites (tertiary alicyclic amines) is 2. The van der Waals surface area contributed by atoms with Crippen LogP contribution in [0.15, 0.2) is 34.3 Å². The first-order chi connectivity index (χ1) is 16.5. The first-order valence-corrected chi connectivity index (χ1v) is 13.5. The van der Waals surface area contributed by atoms with Gasteiger partial charge in [-0.15, -0.1) is 0 Å². The van der Waals surface area contributed by atoms with Crippen molar-refractivity contribution in [3.63, 3.8) is 0 Å². The second-order valence-corrected chi connectivity index (χ2v) is 12.3. The number of nitrogens with zero attached hydrogens (tertiary/aromatic N) is 4. The number of hydrogen-bond donors (Lipinski definition) is 2. The van der Waals surface area contributed by atoms with E-state index in [-0.39, 0.29) is 23.3 Å². The zero-order chi connectivity index (χ0) is 25.9. The molecule has 0 aromatic heterocycles. The molecule has 1 amide bonds. The lowest BCUT2D eigenvalue weighted by Crippen LogP contribution is -2.47. The van der Waals surface area contributed by atoms with Crippen LogP contribution < -0.4 is 5.32 Å². The number of hydrogen-bond acceptors (Lipinski definition) is 6. The van der Waals surface area contributed by atoms with Crippen LogP contribution in [0, 0.1) is 29.1 Å². The van der Waals surface area contributed by atoms with E-state index in [1.54, 1.807) is 7.05 Å². The van der Waals surface area contributed by atoms with Gasteiger partial charge < -0.3 is 20.2 Å². The van der Waals surface area contributed by atoms with Gasteiger partial charge in [-0.3, -0.25) is 4.79 Å². The Labute approximate surface area is 213 Å². The second-order valence-electron chi connectivity index (χ2n) is 12.3. The van der Waals surface area contributed by atoms with Crippen LogP contribution in [-0.4, -0.2) is 72.7 Å². The highest BCUT2D eigenvalue weighted by atomic mass is 16.3. The van der Waals surface area contributed by atoms with E-state index in [9.17, 15) is 9.90 Å². The van der Waals surface area contributed by atoms with Crippen molar-refractivity contribution in [3.8, 4) is 0 Å². The summed E-state index contributed by atoms with van der Waals surface area (Å²) < 4.78 is 0. The number of azo groups is 1. The highest BCUT2D eigenvalue weighted by molar-refractivity contribution is 5.80. The maximum absolute atomic E-state index is 13.1. The van der Waals surface area contributed by atoms with E-state index < -0.39 is 6.10 Å². The van der Waals surface area contributed by atoms with Crippen molar-refractivity contribution in [2.45, 2.75) is 84.9 Å². The van der Waals surface area contributed by atoms with Crippen LogP contribution in [0.5, 0.6) is 0 Å². The van der Waals surface area contributed by atoms with E-state index in [2.05, 4.69) is 54.8 Å². The zero-order valence-corrected chi connectivity index (χ0v) is 23.1. The van der Waals surface area contributed by atoms with Gasteiger partial charge >= 0.3 is 0 Å². The van der Waals surface area contributed by atoms with Gasteiger partial charge in [0.2, 0.25) is 5.91 Å². The number of aliphatic hydroxyl groups excluding tert-OH is 1. The highest BCUT2D eigenvalue weighted by Crippen LogP contribution is 2.39. The molecule has 7 heteroatoms. The number of fused-ring (bicyclic) bond motifs is 1. The lowest BCUT2D eigenvalue weighted by Gasteiger charge is -2.35. The fraction of sp³-hybridized carbons (Fsp3) is 0.821. The van der Waals surface area contributed by atoms with Crippen LogP contribution in [0.25, 0.3) is 0 Å². The minimum atomic E-state index is -0.455. The molecule has 4 rings (SSSR count). The third-order valence-corrected chi connectivity index (χ3v) is 8.55. The van der Waals surface area contributed by atoms with Gasteiger partial charge in [0.25, 0.3) is 0 Å². The van der Waals surface area contributed by atoms with Crippen molar-refractivity contribution in [2.24, 2.45) is 39.3 Å². The maximum atomic E-state index is 13.1. The minimum absolute atomic E-state index is 0.0811. The summed E-state index contributed by atoms with van der Waals surface area (Å²) in [6.45, 7) is 17.4. The number of allylic oxidation sites excluding steroid dienone is 2. The summed E-state index contributed by atoms with van der Waals surface area (Å²) in [6.07, 6.45) is 7.25. The number of rotatable bonds is 6. The van der Waals surface area contributed by atoms with E-state index in [1.807, 2.05) is 24.8 Å². The third kappa shape index (κ3) is 6.94.